The molecule has 2 rings (SSSR count). The molecule has 0 radical (unpaired) electrons. The van der Waals surface area contributed by atoms with Crippen molar-refractivity contribution in [1.29, 1.82) is 0 Å². The Kier molecular flexibility index (Phi) is 6.58. The molecule has 7 heteroatoms. The second-order valence-corrected chi connectivity index (χ2v) is 6.51. The molecule has 1 aromatic carbocycles. The number of pyridine rings is 1. The van der Waals surface area contributed by atoms with E-state index < -0.39 is 5.97 Å². The largest absolute Gasteiger partial charge is 0.465 e. The van der Waals surface area contributed by atoms with Gasteiger partial charge < -0.3 is 15.0 Å². The molecule has 0 saturated carbocycles. The number of carbonyl (C=O) groups is 2. The van der Waals surface area contributed by atoms with Crippen LogP contribution in [0.1, 0.15) is 35.5 Å². The van der Waals surface area contributed by atoms with Crippen LogP contribution >= 0.6 is 11.6 Å². The molecule has 1 heterocycles. The van der Waals surface area contributed by atoms with E-state index in [4.69, 9.17) is 11.6 Å². The molecule has 0 aliphatic rings. The average Bonchev–Trinajstić information content (AvgIpc) is 2.60. The van der Waals surface area contributed by atoms with Crippen LogP contribution in [0.15, 0.2) is 36.5 Å². The van der Waals surface area contributed by atoms with E-state index in [9.17, 15) is 9.59 Å². The second kappa shape index (κ2) is 8.67. The summed E-state index contributed by atoms with van der Waals surface area (Å²) in [7, 11) is 1.29. The Morgan fingerprint density at radius 3 is 2.62 bits per heavy atom. The second-order valence-electron chi connectivity index (χ2n) is 6.11. The molecule has 2 aromatic rings. The van der Waals surface area contributed by atoms with Crippen molar-refractivity contribution in [1.82, 2.24) is 9.88 Å². The number of aromatic nitrogens is 1. The van der Waals surface area contributed by atoms with Gasteiger partial charge >= 0.3 is 12.0 Å². The third kappa shape index (κ3) is 4.73. The molecule has 0 aliphatic heterocycles. The standard InChI is InChI=1S/C19H22ClN3O3/c1-12(2)23(11-17-13(3)6-5-9-21-17)19(25)22-14-7-8-15(16(20)10-14)18(24)26-4/h5-10,12H,11H2,1-4H3,(H,22,25). The molecule has 0 spiro atoms. The third-order valence-electron chi connectivity index (χ3n) is 3.95. The molecule has 0 unspecified atom stereocenters. The predicted molar refractivity (Wildman–Crippen MR) is 101 cm³/mol. The van der Waals surface area contributed by atoms with E-state index in [0.29, 0.717) is 12.2 Å². The van der Waals surface area contributed by atoms with Gasteiger partial charge in [0.05, 0.1) is 29.9 Å². The lowest BCUT2D eigenvalue weighted by Crippen LogP contribution is -2.39. The smallest absolute Gasteiger partial charge is 0.339 e. The van der Waals surface area contributed by atoms with E-state index in [1.54, 1.807) is 17.2 Å². The lowest BCUT2D eigenvalue weighted by molar-refractivity contribution is 0.0601. The van der Waals surface area contributed by atoms with Crippen LogP contribution in [0.25, 0.3) is 0 Å². The van der Waals surface area contributed by atoms with Crippen molar-refractivity contribution in [2.45, 2.75) is 33.4 Å². The number of hydrogen-bond acceptors (Lipinski definition) is 4. The van der Waals surface area contributed by atoms with Crippen LogP contribution in [0.2, 0.25) is 5.02 Å². The highest BCUT2D eigenvalue weighted by atomic mass is 35.5. The van der Waals surface area contributed by atoms with Gasteiger partial charge in [-0.1, -0.05) is 17.7 Å². The zero-order valence-corrected chi connectivity index (χ0v) is 16.0. The molecule has 0 fully saturated rings. The molecular weight excluding hydrogens is 354 g/mol. The summed E-state index contributed by atoms with van der Waals surface area (Å²) in [4.78, 5) is 30.3. The van der Waals surface area contributed by atoms with Gasteiger partial charge in [-0.3, -0.25) is 4.98 Å². The molecule has 0 aliphatic carbocycles. The van der Waals surface area contributed by atoms with Crippen molar-refractivity contribution in [3.8, 4) is 0 Å². The molecule has 6 nitrogen and oxygen atoms in total. The van der Waals surface area contributed by atoms with Crippen LogP contribution in [0.5, 0.6) is 0 Å². The third-order valence-corrected chi connectivity index (χ3v) is 4.26. The highest BCUT2D eigenvalue weighted by molar-refractivity contribution is 6.33. The predicted octanol–water partition coefficient (Wildman–Crippen LogP) is 4.27. The van der Waals surface area contributed by atoms with Crippen LogP contribution in [-0.2, 0) is 11.3 Å². The first-order valence-electron chi connectivity index (χ1n) is 8.19. The lowest BCUT2D eigenvalue weighted by atomic mass is 10.2. The van der Waals surface area contributed by atoms with Gasteiger partial charge in [0, 0.05) is 17.9 Å². The summed E-state index contributed by atoms with van der Waals surface area (Å²) < 4.78 is 4.66. The van der Waals surface area contributed by atoms with Crippen LogP contribution in [-0.4, -0.2) is 35.0 Å². The first-order chi connectivity index (χ1) is 12.3. The summed E-state index contributed by atoms with van der Waals surface area (Å²) in [5.74, 6) is -0.526. The molecule has 138 valence electrons. The van der Waals surface area contributed by atoms with Gasteiger partial charge in [-0.2, -0.15) is 0 Å². The zero-order valence-electron chi connectivity index (χ0n) is 15.2. The van der Waals surface area contributed by atoms with Gasteiger partial charge in [0.2, 0.25) is 0 Å². The van der Waals surface area contributed by atoms with Gasteiger partial charge in [-0.25, -0.2) is 9.59 Å². The fraction of sp³-hybridized carbons (Fsp3) is 0.316. The van der Waals surface area contributed by atoms with Crippen molar-refractivity contribution in [3.63, 3.8) is 0 Å². The fourth-order valence-electron chi connectivity index (χ4n) is 2.40. The van der Waals surface area contributed by atoms with Crippen molar-refractivity contribution in [2.75, 3.05) is 12.4 Å². The summed E-state index contributed by atoms with van der Waals surface area (Å²) in [6.45, 7) is 6.23. The monoisotopic (exact) mass is 375 g/mol. The molecule has 26 heavy (non-hydrogen) atoms. The average molecular weight is 376 g/mol. The Morgan fingerprint density at radius 2 is 2.04 bits per heavy atom. The quantitative estimate of drug-likeness (QED) is 0.792. The number of hydrogen-bond donors (Lipinski definition) is 1. The van der Waals surface area contributed by atoms with Gasteiger partial charge in [-0.05, 0) is 50.6 Å². The molecular formula is C19H22ClN3O3. The topological polar surface area (TPSA) is 71.5 Å². The van der Waals surface area contributed by atoms with Crippen LogP contribution < -0.4 is 5.32 Å². The van der Waals surface area contributed by atoms with E-state index >= 15 is 0 Å². The summed E-state index contributed by atoms with van der Waals surface area (Å²) in [6, 6.07) is 8.18. The number of rotatable bonds is 5. The number of halogens is 1. The molecule has 0 atom stereocenters. The van der Waals surface area contributed by atoms with E-state index in [2.05, 4.69) is 15.0 Å². The van der Waals surface area contributed by atoms with Crippen LogP contribution in [0.3, 0.4) is 0 Å². The number of nitrogens with zero attached hydrogens (tertiary/aromatic N) is 2. The van der Waals surface area contributed by atoms with Crippen molar-refractivity contribution in [2.24, 2.45) is 0 Å². The highest BCUT2D eigenvalue weighted by Gasteiger charge is 2.20. The molecule has 1 aromatic heterocycles. The molecule has 2 amide bonds. The van der Waals surface area contributed by atoms with Crippen LogP contribution in [0, 0.1) is 6.92 Å². The number of methoxy groups -OCH3 is 1. The Labute approximate surface area is 158 Å². The Balaban J connectivity index is 2.16. The zero-order chi connectivity index (χ0) is 19.3. The Hall–Kier alpha value is -2.60. The highest BCUT2D eigenvalue weighted by Crippen LogP contribution is 2.22. The minimum Gasteiger partial charge on any atom is -0.465 e. The minimum atomic E-state index is -0.526. The summed E-state index contributed by atoms with van der Waals surface area (Å²) in [5, 5.41) is 3.02. The Bertz CT molecular complexity index is 808. The number of benzene rings is 1. The fourth-order valence-corrected chi connectivity index (χ4v) is 2.66. The Morgan fingerprint density at radius 1 is 1.31 bits per heavy atom. The number of nitrogens with one attached hydrogen (secondary N) is 1. The lowest BCUT2D eigenvalue weighted by Gasteiger charge is -2.27. The van der Waals surface area contributed by atoms with Crippen molar-refractivity contribution >= 4 is 29.3 Å². The van der Waals surface area contributed by atoms with Crippen molar-refractivity contribution < 1.29 is 14.3 Å². The summed E-state index contributed by atoms with van der Waals surface area (Å²) >= 11 is 6.10. The van der Waals surface area contributed by atoms with E-state index in [1.807, 2.05) is 32.9 Å². The number of amides is 2. The van der Waals surface area contributed by atoms with E-state index in [1.165, 1.54) is 19.2 Å². The van der Waals surface area contributed by atoms with E-state index in [-0.39, 0.29) is 22.7 Å². The molecule has 0 bridgehead atoms. The van der Waals surface area contributed by atoms with Gasteiger partial charge in [0.1, 0.15) is 0 Å². The number of esters is 1. The SMILES string of the molecule is COC(=O)c1ccc(NC(=O)N(Cc2ncccc2C)C(C)C)cc1Cl. The minimum absolute atomic E-state index is 0.0266. The molecule has 0 saturated heterocycles. The van der Waals surface area contributed by atoms with Gasteiger partial charge in [-0.15, -0.1) is 0 Å². The maximum atomic E-state index is 12.7. The van der Waals surface area contributed by atoms with Crippen molar-refractivity contribution in [3.05, 3.63) is 58.4 Å². The van der Waals surface area contributed by atoms with E-state index in [0.717, 1.165) is 11.3 Å². The molecule has 1 N–H and O–H groups in total. The normalized spacial score (nSPS) is 10.5. The maximum absolute atomic E-state index is 12.7. The van der Waals surface area contributed by atoms with Gasteiger partial charge in [0.25, 0.3) is 0 Å². The number of carbonyl (C=O) groups excluding carboxylic acids is 2. The number of ether oxygens (including phenoxy) is 1. The van der Waals surface area contributed by atoms with Crippen LogP contribution in [0.4, 0.5) is 10.5 Å². The summed E-state index contributed by atoms with van der Waals surface area (Å²) in [5.41, 5.74) is 2.61. The number of anilines is 1. The first kappa shape index (κ1) is 19.7. The first-order valence-corrected chi connectivity index (χ1v) is 8.57. The number of aryl methyl sites for hydroxylation is 1. The maximum Gasteiger partial charge on any atom is 0.339 e. The van der Waals surface area contributed by atoms with Gasteiger partial charge in [0.15, 0.2) is 0 Å². The number of urea groups is 1. The summed E-state index contributed by atoms with van der Waals surface area (Å²) in [6.07, 6.45) is 1.71.